The first kappa shape index (κ1) is 14.9. The second-order valence-electron chi connectivity index (χ2n) is 5.22. The van der Waals surface area contributed by atoms with E-state index in [-0.39, 0.29) is 19.1 Å². The first-order valence-corrected chi connectivity index (χ1v) is 6.20. The highest BCUT2D eigenvalue weighted by molar-refractivity contribution is 5.80. The van der Waals surface area contributed by atoms with Gasteiger partial charge in [0.15, 0.2) is 0 Å². The summed E-state index contributed by atoms with van der Waals surface area (Å²) >= 11 is 0. The van der Waals surface area contributed by atoms with Gasteiger partial charge in [0.1, 0.15) is 5.41 Å². The third kappa shape index (κ3) is 3.68. The first-order chi connectivity index (χ1) is 8.36. The van der Waals surface area contributed by atoms with Gasteiger partial charge in [0.05, 0.1) is 19.3 Å². The minimum Gasteiger partial charge on any atom is -0.481 e. The third-order valence-corrected chi connectivity index (χ3v) is 3.18. The van der Waals surface area contributed by atoms with E-state index in [2.05, 4.69) is 10.6 Å². The summed E-state index contributed by atoms with van der Waals surface area (Å²) in [5.41, 5.74) is -1.03. The van der Waals surface area contributed by atoms with Crippen LogP contribution in [-0.2, 0) is 14.3 Å². The largest absolute Gasteiger partial charge is 0.481 e. The minimum atomic E-state index is -1.03. The monoisotopic (exact) mass is 258 g/mol. The van der Waals surface area contributed by atoms with Crippen LogP contribution >= 0.6 is 0 Å². The average Bonchev–Trinajstić information content (AvgIpc) is 2.61. The van der Waals surface area contributed by atoms with Crippen molar-refractivity contribution in [3.8, 4) is 0 Å². The van der Waals surface area contributed by atoms with Gasteiger partial charge >= 0.3 is 5.97 Å². The van der Waals surface area contributed by atoms with Crippen LogP contribution in [0.5, 0.6) is 0 Å². The highest BCUT2D eigenvalue weighted by Gasteiger charge is 2.47. The van der Waals surface area contributed by atoms with Gasteiger partial charge < -0.3 is 20.5 Å². The summed E-state index contributed by atoms with van der Waals surface area (Å²) in [6.45, 7) is 6.58. The molecule has 6 nitrogen and oxygen atoms in total. The second kappa shape index (κ2) is 6.15. The second-order valence-corrected chi connectivity index (χ2v) is 5.22. The van der Waals surface area contributed by atoms with Crippen molar-refractivity contribution in [3.05, 3.63) is 0 Å². The Morgan fingerprint density at radius 3 is 2.72 bits per heavy atom. The number of nitrogens with one attached hydrogen (secondary N) is 2. The SMILES string of the molecule is CC(C)NCCC(=O)NC1COCC1(C)C(=O)O. The van der Waals surface area contributed by atoms with Gasteiger partial charge in [-0.25, -0.2) is 0 Å². The molecule has 0 aromatic heterocycles. The van der Waals surface area contributed by atoms with E-state index >= 15 is 0 Å². The fourth-order valence-corrected chi connectivity index (χ4v) is 1.83. The normalized spacial score (nSPS) is 27.4. The van der Waals surface area contributed by atoms with Crippen molar-refractivity contribution in [1.29, 1.82) is 0 Å². The van der Waals surface area contributed by atoms with Crippen LogP contribution in [0.15, 0.2) is 0 Å². The number of hydrogen-bond donors (Lipinski definition) is 3. The molecule has 2 atom stereocenters. The molecule has 0 radical (unpaired) electrons. The molecule has 0 bridgehead atoms. The molecule has 0 aliphatic carbocycles. The van der Waals surface area contributed by atoms with Gasteiger partial charge in [-0.15, -0.1) is 0 Å². The van der Waals surface area contributed by atoms with Gasteiger partial charge in [-0.05, 0) is 6.92 Å². The average molecular weight is 258 g/mol. The molecule has 1 aliphatic heterocycles. The van der Waals surface area contributed by atoms with Gasteiger partial charge in [-0.1, -0.05) is 13.8 Å². The van der Waals surface area contributed by atoms with E-state index in [0.29, 0.717) is 19.0 Å². The molecule has 1 rings (SSSR count). The summed E-state index contributed by atoms with van der Waals surface area (Å²) in [5.74, 6) is -1.09. The summed E-state index contributed by atoms with van der Waals surface area (Å²) in [5, 5.41) is 15.0. The fourth-order valence-electron chi connectivity index (χ4n) is 1.83. The smallest absolute Gasteiger partial charge is 0.313 e. The summed E-state index contributed by atoms with van der Waals surface area (Å²) in [6, 6.07) is -0.126. The fraction of sp³-hybridized carbons (Fsp3) is 0.833. The van der Waals surface area contributed by atoms with E-state index in [1.807, 2.05) is 13.8 Å². The molecule has 3 N–H and O–H groups in total. The maximum atomic E-state index is 11.7. The molecule has 0 saturated carbocycles. The maximum absolute atomic E-state index is 11.7. The van der Waals surface area contributed by atoms with Gasteiger partial charge in [-0.2, -0.15) is 0 Å². The van der Waals surface area contributed by atoms with Crippen LogP contribution in [0.1, 0.15) is 27.2 Å². The Morgan fingerprint density at radius 2 is 2.17 bits per heavy atom. The third-order valence-electron chi connectivity index (χ3n) is 3.18. The molecule has 104 valence electrons. The Bertz CT molecular complexity index is 319. The predicted molar refractivity (Wildman–Crippen MR) is 66.2 cm³/mol. The molecule has 2 unspecified atom stereocenters. The summed E-state index contributed by atoms with van der Waals surface area (Å²) in [6.07, 6.45) is 0.338. The number of aliphatic carboxylic acids is 1. The number of carbonyl (C=O) groups excluding carboxylic acids is 1. The number of carboxylic acids is 1. The number of rotatable bonds is 6. The van der Waals surface area contributed by atoms with E-state index in [1.54, 1.807) is 6.92 Å². The van der Waals surface area contributed by atoms with Crippen molar-refractivity contribution < 1.29 is 19.4 Å². The summed E-state index contributed by atoms with van der Waals surface area (Å²) in [7, 11) is 0. The van der Waals surface area contributed by atoms with Crippen molar-refractivity contribution >= 4 is 11.9 Å². The van der Waals surface area contributed by atoms with E-state index in [9.17, 15) is 9.59 Å². The lowest BCUT2D eigenvalue weighted by atomic mass is 9.85. The summed E-state index contributed by atoms with van der Waals surface area (Å²) in [4.78, 5) is 22.9. The highest BCUT2D eigenvalue weighted by Crippen LogP contribution is 2.28. The van der Waals surface area contributed by atoms with Crippen LogP contribution in [0.3, 0.4) is 0 Å². The van der Waals surface area contributed by atoms with Crippen molar-refractivity contribution in [2.75, 3.05) is 19.8 Å². The van der Waals surface area contributed by atoms with Crippen molar-refractivity contribution in [3.63, 3.8) is 0 Å². The van der Waals surface area contributed by atoms with E-state index in [0.717, 1.165) is 0 Å². The Morgan fingerprint density at radius 1 is 1.50 bits per heavy atom. The van der Waals surface area contributed by atoms with Gasteiger partial charge in [-0.3, -0.25) is 9.59 Å². The highest BCUT2D eigenvalue weighted by atomic mass is 16.5. The molecule has 18 heavy (non-hydrogen) atoms. The molecule has 1 saturated heterocycles. The minimum absolute atomic E-state index is 0.136. The van der Waals surface area contributed by atoms with Crippen LogP contribution < -0.4 is 10.6 Å². The first-order valence-electron chi connectivity index (χ1n) is 6.20. The molecule has 0 spiro atoms. The molecule has 0 aromatic rings. The molecule has 1 heterocycles. The number of amides is 1. The van der Waals surface area contributed by atoms with Gasteiger partial charge in [0, 0.05) is 19.0 Å². The van der Waals surface area contributed by atoms with E-state index in [4.69, 9.17) is 9.84 Å². The van der Waals surface area contributed by atoms with Crippen LogP contribution in [0, 0.1) is 5.41 Å². The Labute approximate surface area is 107 Å². The molecular formula is C12H22N2O4. The van der Waals surface area contributed by atoms with Gasteiger partial charge in [0.25, 0.3) is 0 Å². The molecule has 1 aliphatic rings. The van der Waals surface area contributed by atoms with Crippen molar-refractivity contribution in [2.24, 2.45) is 5.41 Å². The number of carbonyl (C=O) groups is 2. The lowest BCUT2D eigenvalue weighted by Gasteiger charge is -2.25. The lowest BCUT2D eigenvalue weighted by molar-refractivity contribution is -0.149. The van der Waals surface area contributed by atoms with Crippen LogP contribution in [0.4, 0.5) is 0 Å². The zero-order chi connectivity index (χ0) is 13.8. The molecular weight excluding hydrogens is 236 g/mol. The van der Waals surface area contributed by atoms with Crippen LogP contribution in [0.2, 0.25) is 0 Å². The van der Waals surface area contributed by atoms with Crippen molar-refractivity contribution in [2.45, 2.75) is 39.3 Å². The van der Waals surface area contributed by atoms with E-state index < -0.39 is 17.4 Å². The molecule has 6 heteroatoms. The zero-order valence-corrected chi connectivity index (χ0v) is 11.2. The Kier molecular flexibility index (Phi) is 5.10. The topological polar surface area (TPSA) is 87.7 Å². The predicted octanol–water partition coefficient (Wildman–Crippen LogP) is -0.0196. The lowest BCUT2D eigenvalue weighted by Crippen LogP contribution is -2.50. The van der Waals surface area contributed by atoms with Crippen LogP contribution in [0.25, 0.3) is 0 Å². The van der Waals surface area contributed by atoms with Crippen LogP contribution in [-0.4, -0.2) is 48.8 Å². The number of carboxylic acid groups (broad SMARTS) is 1. The van der Waals surface area contributed by atoms with Crippen molar-refractivity contribution in [1.82, 2.24) is 10.6 Å². The Balaban J connectivity index is 2.42. The Hall–Kier alpha value is -1.14. The van der Waals surface area contributed by atoms with Gasteiger partial charge in [0.2, 0.25) is 5.91 Å². The molecule has 1 fully saturated rings. The zero-order valence-electron chi connectivity index (χ0n) is 11.2. The number of ether oxygens (including phenoxy) is 1. The quantitative estimate of drug-likeness (QED) is 0.623. The molecule has 0 aromatic carbocycles. The number of hydrogen-bond acceptors (Lipinski definition) is 4. The molecule has 1 amide bonds. The summed E-state index contributed by atoms with van der Waals surface area (Å²) < 4.78 is 5.17. The maximum Gasteiger partial charge on any atom is 0.313 e. The standard InChI is InChI=1S/C12H22N2O4/c1-8(2)13-5-4-10(15)14-9-6-18-7-12(9,3)11(16)17/h8-9,13H,4-7H2,1-3H3,(H,14,15)(H,16,17). The van der Waals surface area contributed by atoms with E-state index in [1.165, 1.54) is 0 Å².